The van der Waals surface area contributed by atoms with Gasteiger partial charge < -0.3 is 0 Å². The molecule has 3 rings (SSSR count). The summed E-state index contributed by atoms with van der Waals surface area (Å²) < 4.78 is 0. The molecule has 1 heterocycles. The van der Waals surface area contributed by atoms with Crippen molar-refractivity contribution in [3.05, 3.63) is 66.2 Å². The minimum absolute atomic E-state index is 0.236. The standard InChI is InChI=1S/C15H10N4O/c20-11-14(12-7-3-1-4-8-12)19-17-15(16-18-19)13-9-5-2-6-10-13/h1-10H. The summed E-state index contributed by atoms with van der Waals surface area (Å²) in [6, 6.07) is 18.6. The van der Waals surface area contributed by atoms with E-state index in [9.17, 15) is 4.79 Å². The molecule has 0 aliphatic heterocycles. The zero-order valence-corrected chi connectivity index (χ0v) is 10.5. The normalized spacial score (nSPS) is 10.0. The van der Waals surface area contributed by atoms with E-state index < -0.39 is 0 Å². The predicted molar refractivity (Wildman–Crippen MR) is 74.2 cm³/mol. The van der Waals surface area contributed by atoms with Crippen molar-refractivity contribution in [3.63, 3.8) is 0 Å². The number of carbonyl (C=O) groups excluding carboxylic acids is 1. The summed E-state index contributed by atoms with van der Waals surface area (Å²) >= 11 is 0. The SMILES string of the molecule is O=C=C(c1ccccc1)n1nnc(-c2ccccc2)n1. The lowest BCUT2D eigenvalue weighted by molar-refractivity contribution is 0.567. The molecule has 0 radical (unpaired) electrons. The molecule has 2 aromatic carbocycles. The number of hydrogen-bond acceptors (Lipinski definition) is 4. The third kappa shape index (κ3) is 2.25. The lowest BCUT2D eigenvalue weighted by Gasteiger charge is -1.99. The number of benzene rings is 2. The summed E-state index contributed by atoms with van der Waals surface area (Å²) in [5.74, 6) is 2.33. The Balaban J connectivity index is 2.00. The summed E-state index contributed by atoms with van der Waals surface area (Å²) in [4.78, 5) is 12.4. The van der Waals surface area contributed by atoms with Crippen LogP contribution < -0.4 is 0 Å². The highest BCUT2D eigenvalue weighted by molar-refractivity contribution is 5.86. The van der Waals surface area contributed by atoms with Crippen molar-refractivity contribution >= 4 is 11.6 Å². The fourth-order valence-corrected chi connectivity index (χ4v) is 1.82. The van der Waals surface area contributed by atoms with E-state index in [2.05, 4.69) is 15.4 Å². The smallest absolute Gasteiger partial charge is 0.205 e. The summed E-state index contributed by atoms with van der Waals surface area (Å²) in [6.45, 7) is 0. The molecule has 1 aromatic heterocycles. The molecule has 0 N–H and O–H groups in total. The van der Waals surface area contributed by atoms with Crippen molar-refractivity contribution in [1.29, 1.82) is 0 Å². The van der Waals surface area contributed by atoms with Crippen LogP contribution in [0.4, 0.5) is 0 Å². The lowest BCUT2D eigenvalue weighted by Crippen LogP contribution is -2.04. The Hall–Kier alpha value is -3.04. The molecule has 5 heteroatoms. The van der Waals surface area contributed by atoms with Gasteiger partial charge in [-0.25, -0.2) is 4.79 Å². The maximum Gasteiger partial charge on any atom is 0.205 e. The minimum Gasteiger partial charge on any atom is -0.231 e. The molecule has 3 aromatic rings. The molecule has 20 heavy (non-hydrogen) atoms. The topological polar surface area (TPSA) is 60.7 Å². The van der Waals surface area contributed by atoms with Crippen LogP contribution in [0.25, 0.3) is 17.1 Å². The van der Waals surface area contributed by atoms with Gasteiger partial charge in [-0.05, 0) is 5.21 Å². The van der Waals surface area contributed by atoms with Gasteiger partial charge in [0, 0.05) is 11.1 Å². The Bertz CT molecular complexity index is 759. The van der Waals surface area contributed by atoms with E-state index in [4.69, 9.17) is 0 Å². The second kappa shape index (κ2) is 5.30. The Labute approximate surface area is 115 Å². The zero-order valence-electron chi connectivity index (χ0n) is 10.5. The highest BCUT2D eigenvalue weighted by atomic mass is 16.1. The number of hydrogen-bond donors (Lipinski definition) is 0. The van der Waals surface area contributed by atoms with Crippen molar-refractivity contribution in [3.8, 4) is 11.4 Å². The molecule has 0 atom stereocenters. The molecule has 0 fully saturated rings. The van der Waals surface area contributed by atoms with E-state index >= 15 is 0 Å². The van der Waals surface area contributed by atoms with Crippen molar-refractivity contribution < 1.29 is 4.79 Å². The van der Waals surface area contributed by atoms with E-state index in [-0.39, 0.29) is 5.70 Å². The van der Waals surface area contributed by atoms with Gasteiger partial charge in [0.1, 0.15) is 0 Å². The van der Waals surface area contributed by atoms with Crippen LogP contribution in [0.2, 0.25) is 0 Å². The van der Waals surface area contributed by atoms with Crippen LogP contribution in [0.3, 0.4) is 0 Å². The summed E-state index contributed by atoms with van der Waals surface area (Å²) in [5.41, 5.74) is 1.77. The van der Waals surface area contributed by atoms with Gasteiger partial charge in [0.2, 0.25) is 5.82 Å². The number of nitrogens with zero attached hydrogens (tertiary/aromatic N) is 4. The van der Waals surface area contributed by atoms with Gasteiger partial charge in [0.25, 0.3) is 0 Å². The molecule has 0 spiro atoms. The van der Waals surface area contributed by atoms with Crippen LogP contribution in [0.15, 0.2) is 60.7 Å². The lowest BCUT2D eigenvalue weighted by atomic mass is 10.2. The maximum atomic E-state index is 11.2. The van der Waals surface area contributed by atoms with Crippen LogP contribution in [0.1, 0.15) is 5.56 Å². The number of aromatic nitrogens is 4. The molecular weight excluding hydrogens is 252 g/mol. The third-order valence-electron chi connectivity index (χ3n) is 2.79. The first kappa shape index (κ1) is 12.0. The quantitative estimate of drug-likeness (QED) is 0.678. The van der Waals surface area contributed by atoms with Gasteiger partial charge in [-0.1, -0.05) is 60.7 Å². The Morgan fingerprint density at radius 3 is 2.25 bits per heavy atom. The van der Waals surface area contributed by atoms with Crippen LogP contribution in [-0.4, -0.2) is 26.1 Å². The largest absolute Gasteiger partial charge is 0.231 e. The molecule has 0 saturated carbocycles. The van der Waals surface area contributed by atoms with Crippen LogP contribution in [0.5, 0.6) is 0 Å². The fourth-order valence-electron chi connectivity index (χ4n) is 1.82. The van der Waals surface area contributed by atoms with Gasteiger partial charge in [-0.15, -0.1) is 15.0 Å². The first-order valence-corrected chi connectivity index (χ1v) is 6.05. The third-order valence-corrected chi connectivity index (χ3v) is 2.79. The Kier molecular flexibility index (Phi) is 3.18. The van der Waals surface area contributed by atoms with Crippen molar-refractivity contribution in [2.24, 2.45) is 0 Å². The van der Waals surface area contributed by atoms with Crippen molar-refractivity contribution in [2.75, 3.05) is 0 Å². The molecular formula is C15H10N4O. The molecule has 0 bridgehead atoms. The van der Waals surface area contributed by atoms with Crippen LogP contribution in [0, 0.1) is 0 Å². The van der Waals surface area contributed by atoms with Gasteiger partial charge in [-0.2, -0.15) is 0 Å². The predicted octanol–water partition coefficient (Wildman–Crippen LogP) is 2.06. The highest BCUT2D eigenvalue weighted by Gasteiger charge is 2.11. The van der Waals surface area contributed by atoms with Gasteiger partial charge in [-0.3, -0.25) is 0 Å². The second-order valence-corrected chi connectivity index (χ2v) is 4.09. The molecule has 0 unspecified atom stereocenters. The monoisotopic (exact) mass is 262 g/mol. The van der Waals surface area contributed by atoms with E-state index in [1.807, 2.05) is 54.5 Å². The van der Waals surface area contributed by atoms with Gasteiger partial charge >= 0.3 is 0 Å². The molecule has 96 valence electrons. The summed E-state index contributed by atoms with van der Waals surface area (Å²) in [5, 5.41) is 12.1. The fraction of sp³-hybridized carbons (Fsp3) is 0. The molecule has 0 aliphatic rings. The number of rotatable bonds is 3. The molecule has 0 amide bonds. The molecule has 0 saturated heterocycles. The van der Waals surface area contributed by atoms with Crippen LogP contribution >= 0.6 is 0 Å². The first-order valence-electron chi connectivity index (χ1n) is 6.05. The number of tetrazole rings is 1. The highest BCUT2D eigenvalue weighted by Crippen LogP contribution is 2.15. The van der Waals surface area contributed by atoms with Crippen molar-refractivity contribution in [2.45, 2.75) is 0 Å². The Morgan fingerprint density at radius 1 is 0.950 bits per heavy atom. The average Bonchev–Trinajstić information content (AvgIpc) is 3.00. The van der Waals surface area contributed by atoms with Gasteiger partial charge in [0.15, 0.2) is 11.6 Å². The minimum atomic E-state index is 0.236. The zero-order chi connectivity index (χ0) is 13.8. The first-order chi connectivity index (χ1) is 9.88. The summed E-state index contributed by atoms with van der Waals surface area (Å²) in [7, 11) is 0. The second-order valence-electron chi connectivity index (χ2n) is 4.09. The van der Waals surface area contributed by atoms with Crippen molar-refractivity contribution in [1.82, 2.24) is 20.2 Å². The molecule has 0 aliphatic carbocycles. The maximum absolute atomic E-state index is 11.2. The van der Waals surface area contributed by atoms with E-state index in [0.29, 0.717) is 11.4 Å². The molecule has 5 nitrogen and oxygen atoms in total. The Morgan fingerprint density at radius 2 is 1.60 bits per heavy atom. The average molecular weight is 262 g/mol. The van der Waals surface area contributed by atoms with E-state index in [1.165, 1.54) is 4.80 Å². The van der Waals surface area contributed by atoms with Gasteiger partial charge in [0.05, 0.1) is 0 Å². The van der Waals surface area contributed by atoms with Crippen LogP contribution in [-0.2, 0) is 4.79 Å². The van der Waals surface area contributed by atoms with E-state index in [1.54, 1.807) is 12.1 Å². The van der Waals surface area contributed by atoms with E-state index in [0.717, 1.165) is 5.56 Å². The summed E-state index contributed by atoms with van der Waals surface area (Å²) in [6.07, 6.45) is 0.